The third-order valence-electron chi connectivity index (χ3n) is 2.91. The van der Waals surface area contributed by atoms with Crippen LogP contribution in [0.1, 0.15) is 11.1 Å². The minimum atomic E-state index is -0.986. The van der Waals surface area contributed by atoms with Crippen molar-refractivity contribution in [2.45, 2.75) is 19.4 Å². The zero-order chi connectivity index (χ0) is 14.5. The summed E-state index contributed by atoms with van der Waals surface area (Å²) in [7, 11) is 0. The van der Waals surface area contributed by atoms with Gasteiger partial charge >= 0.3 is 5.97 Å². The first kappa shape index (κ1) is 14.4. The van der Waals surface area contributed by atoms with Gasteiger partial charge in [0.05, 0.1) is 0 Å². The van der Waals surface area contributed by atoms with E-state index in [1.165, 1.54) is 0 Å². The predicted octanol–water partition coefficient (Wildman–Crippen LogP) is 3.72. The first-order valence-electron chi connectivity index (χ1n) is 6.25. The Kier molecular flexibility index (Phi) is 4.64. The normalized spacial score (nSPS) is 11.9. The molecule has 2 aromatic rings. The van der Waals surface area contributed by atoms with E-state index in [2.05, 4.69) is 0 Å². The lowest BCUT2D eigenvalue weighted by molar-refractivity contribution is -0.145. The Morgan fingerprint density at radius 2 is 1.75 bits per heavy atom. The molecule has 3 nitrogen and oxygen atoms in total. The summed E-state index contributed by atoms with van der Waals surface area (Å²) in [6.45, 7) is 1.96. The molecule has 0 aromatic heterocycles. The number of aryl methyl sites for hydroxylation is 1. The maximum Gasteiger partial charge on any atom is 0.345 e. The maximum absolute atomic E-state index is 11.3. The molecule has 1 N–H and O–H groups in total. The molecule has 0 aliphatic heterocycles. The van der Waals surface area contributed by atoms with E-state index in [4.69, 9.17) is 16.3 Å². The van der Waals surface area contributed by atoms with Gasteiger partial charge in [-0.25, -0.2) is 4.79 Å². The van der Waals surface area contributed by atoms with Crippen molar-refractivity contribution >= 4 is 17.6 Å². The molecule has 0 aliphatic carbocycles. The summed E-state index contributed by atoms with van der Waals surface area (Å²) in [5.41, 5.74) is 1.97. The van der Waals surface area contributed by atoms with Crippen molar-refractivity contribution in [1.29, 1.82) is 0 Å². The fraction of sp³-hybridized carbons (Fsp3) is 0.188. The number of benzene rings is 2. The van der Waals surface area contributed by atoms with Crippen molar-refractivity contribution in [3.05, 3.63) is 64.7 Å². The molecule has 0 spiro atoms. The quantitative estimate of drug-likeness (QED) is 0.913. The van der Waals surface area contributed by atoms with E-state index >= 15 is 0 Å². The molecule has 0 bridgehead atoms. The summed E-state index contributed by atoms with van der Waals surface area (Å²) in [6.07, 6.45) is -0.626. The molecule has 4 heteroatoms. The van der Waals surface area contributed by atoms with E-state index in [-0.39, 0.29) is 0 Å². The predicted molar refractivity (Wildman–Crippen MR) is 78.4 cm³/mol. The molecule has 104 valence electrons. The number of hydrogen-bond acceptors (Lipinski definition) is 2. The van der Waals surface area contributed by atoms with Crippen LogP contribution in [-0.2, 0) is 11.2 Å². The number of aliphatic carboxylic acids is 1. The Hall–Kier alpha value is -2.00. The number of ether oxygens (including phenoxy) is 1. The number of rotatable bonds is 5. The SMILES string of the molecule is Cc1ccc(O[C@@H](Cc2ccc(Cl)cc2)C(=O)O)cc1. The van der Waals surface area contributed by atoms with Gasteiger partial charge < -0.3 is 9.84 Å². The van der Waals surface area contributed by atoms with E-state index in [1.54, 1.807) is 36.4 Å². The van der Waals surface area contributed by atoms with Gasteiger partial charge in [0.1, 0.15) is 5.75 Å². The van der Waals surface area contributed by atoms with Crippen molar-refractivity contribution in [2.75, 3.05) is 0 Å². The Bertz CT molecular complexity index is 528. The second-order valence-electron chi connectivity index (χ2n) is 4.59. The van der Waals surface area contributed by atoms with E-state index in [0.717, 1.165) is 11.1 Å². The van der Waals surface area contributed by atoms with Gasteiger partial charge in [-0.15, -0.1) is 0 Å². The van der Waals surface area contributed by atoms with Crippen LogP contribution in [0.5, 0.6) is 5.75 Å². The van der Waals surface area contributed by atoms with Gasteiger partial charge in [0.2, 0.25) is 0 Å². The summed E-state index contributed by atoms with van der Waals surface area (Å²) in [4.78, 5) is 11.3. The molecule has 0 saturated heterocycles. The van der Waals surface area contributed by atoms with Crippen LogP contribution < -0.4 is 4.74 Å². The lowest BCUT2D eigenvalue weighted by Gasteiger charge is -2.15. The average molecular weight is 291 g/mol. The third kappa shape index (κ3) is 4.00. The van der Waals surface area contributed by atoms with Crippen molar-refractivity contribution < 1.29 is 14.6 Å². The number of carboxylic acid groups (broad SMARTS) is 1. The van der Waals surface area contributed by atoms with Gasteiger partial charge in [-0.1, -0.05) is 41.4 Å². The summed E-state index contributed by atoms with van der Waals surface area (Å²) < 4.78 is 5.53. The van der Waals surface area contributed by atoms with Gasteiger partial charge in [0, 0.05) is 11.4 Å². The zero-order valence-electron chi connectivity index (χ0n) is 11.0. The van der Waals surface area contributed by atoms with Gasteiger partial charge in [0.25, 0.3) is 0 Å². The van der Waals surface area contributed by atoms with Gasteiger partial charge in [-0.05, 0) is 36.8 Å². The monoisotopic (exact) mass is 290 g/mol. The van der Waals surface area contributed by atoms with Crippen LogP contribution in [0.25, 0.3) is 0 Å². The van der Waals surface area contributed by atoms with E-state index in [1.807, 2.05) is 19.1 Å². The van der Waals surface area contributed by atoms with Crippen LogP contribution >= 0.6 is 11.6 Å². The second-order valence-corrected chi connectivity index (χ2v) is 5.02. The standard InChI is InChI=1S/C16H15ClO3/c1-11-2-8-14(9-3-11)20-15(16(18)19)10-12-4-6-13(17)7-5-12/h2-9,15H,10H2,1H3,(H,18,19)/t15-/m0/s1. The fourth-order valence-corrected chi connectivity index (χ4v) is 1.92. The van der Waals surface area contributed by atoms with Crippen LogP contribution in [-0.4, -0.2) is 17.2 Å². The fourth-order valence-electron chi connectivity index (χ4n) is 1.80. The Morgan fingerprint density at radius 3 is 2.30 bits per heavy atom. The molecular formula is C16H15ClO3. The molecule has 0 unspecified atom stereocenters. The number of carboxylic acids is 1. The molecule has 0 radical (unpaired) electrons. The van der Waals surface area contributed by atoms with E-state index in [9.17, 15) is 9.90 Å². The van der Waals surface area contributed by atoms with Gasteiger partial charge in [0.15, 0.2) is 6.10 Å². The largest absolute Gasteiger partial charge is 0.478 e. The summed E-state index contributed by atoms with van der Waals surface area (Å²) in [5, 5.41) is 9.88. The smallest absolute Gasteiger partial charge is 0.345 e. The zero-order valence-corrected chi connectivity index (χ0v) is 11.8. The summed E-state index contributed by atoms with van der Waals surface area (Å²) in [5.74, 6) is -0.433. The number of halogens is 1. The lowest BCUT2D eigenvalue weighted by atomic mass is 10.1. The van der Waals surface area contributed by atoms with Crippen LogP contribution in [0.3, 0.4) is 0 Å². The maximum atomic E-state index is 11.3. The first-order chi connectivity index (χ1) is 9.54. The van der Waals surface area contributed by atoms with E-state index < -0.39 is 12.1 Å². The molecule has 1 atom stereocenters. The molecule has 20 heavy (non-hydrogen) atoms. The molecule has 2 aromatic carbocycles. The minimum Gasteiger partial charge on any atom is -0.478 e. The molecule has 0 aliphatic rings. The van der Waals surface area contributed by atoms with Crippen LogP contribution in [0.15, 0.2) is 48.5 Å². The van der Waals surface area contributed by atoms with Crippen molar-refractivity contribution in [3.8, 4) is 5.75 Å². The molecular weight excluding hydrogens is 276 g/mol. The highest BCUT2D eigenvalue weighted by atomic mass is 35.5. The molecule has 2 rings (SSSR count). The number of hydrogen-bond donors (Lipinski definition) is 1. The van der Waals surface area contributed by atoms with Crippen LogP contribution in [0.2, 0.25) is 5.02 Å². The summed E-state index contributed by atoms with van der Waals surface area (Å²) in [6, 6.07) is 14.4. The van der Waals surface area contributed by atoms with Crippen molar-refractivity contribution in [3.63, 3.8) is 0 Å². The molecule has 0 amide bonds. The second kappa shape index (κ2) is 6.44. The van der Waals surface area contributed by atoms with Gasteiger partial charge in [-0.3, -0.25) is 0 Å². The average Bonchev–Trinajstić information content (AvgIpc) is 2.42. The van der Waals surface area contributed by atoms with Crippen molar-refractivity contribution in [2.24, 2.45) is 0 Å². The summed E-state index contributed by atoms with van der Waals surface area (Å²) >= 11 is 5.81. The van der Waals surface area contributed by atoms with Crippen LogP contribution in [0, 0.1) is 6.92 Å². The molecule has 0 saturated carbocycles. The Balaban J connectivity index is 2.09. The minimum absolute atomic E-state index is 0.292. The Morgan fingerprint density at radius 1 is 1.15 bits per heavy atom. The molecule has 0 heterocycles. The molecule has 0 fully saturated rings. The first-order valence-corrected chi connectivity index (χ1v) is 6.63. The van der Waals surface area contributed by atoms with Gasteiger partial charge in [-0.2, -0.15) is 0 Å². The van der Waals surface area contributed by atoms with E-state index in [0.29, 0.717) is 17.2 Å². The third-order valence-corrected chi connectivity index (χ3v) is 3.16. The highest BCUT2D eigenvalue weighted by Crippen LogP contribution is 2.17. The number of carbonyl (C=O) groups is 1. The highest BCUT2D eigenvalue weighted by Gasteiger charge is 2.20. The topological polar surface area (TPSA) is 46.5 Å². The lowest BCUT2D eigenvalue weighted by Crippen LogP contribution is -2.29. The van der Waals surface area contributed by atoms with Crippen LogP contribution in [0.4, 0.5) is 0 Å². The Labute approximate surface area is 122 Å². The highest BCUT2D eigenvalue weighted by molar-refractivity contribution is 6.30. The van der Waals surface area contributed by atoms with Crippen molar-refractivity contribution in [1.82, 2.24) is 0 Å².